The van der Waals surface area contributed by atoms with Crippen molar-refractivity contribution in [1.82, 2.24) is 24.7 Å². The molecule has 0 bridgehead atoms. The highest BCUT2D eigenvalue weighted by atomic mass is 19.4. The van der Waals surface area contributed by atoms with E-state index in [9.17, 15) is 13.2 Å². The number of hydrogen-bond donors (Lipinski definition) is 0. The molecule has 0 amide bonds. The Kier molecular flexibility index (Phi) is 5.12. The summed E-state index contributed by atoms with van der Waals surface area (Å²) in [5.41, 5.74) is 0.0869. The van der Waals surface area contributed by atoms with Gasteiger partial charge in [0.15, 0.2) is 5.65 Å². The predicted molar refractivity (Wildman–Crippen MR) is 88.6 cm³/mol. The molecule has 0 atom stereocenters. The molecule has 0 aromatic carbocycles. The van der Waals surface area contributed by atoms with Gasteiger partial charge in [0.05, 0.1) is 0 Å². The van der Waals surface area contributed by atoms with E-state index in [4.69, 9.17) is 0 Å². The average Bonchev–Trinajstić information content (AvgIpc) is 3.03. The van der Waals surface area contributed by atoms with Gasteiger partial charge in [0.1, 0.15) is 5.82 Å². The average molecular weight is 356 g/mol. The lowest BCUT2D eigenvalue weighted by Gasteiger charge is -2.32. The van der Waals surface area contributed by atoms with Crippen molar-refractivity contribution in [3.63, 3.8) is 0 Å². The van der Waals surface area contributed by atoms with Gasteiger partial charge in [-0.1, -0.05) is 19.3 Å². The number of rotatable bonds is 5. The molecule has 1 aliphatic rings. The Bertz CT molecular complexity index is 707. The second-order valence-electron chi connectivity index (χ2n) is 6.68. The number of likely N-dealkylation sites (N-methyl/N-ethyl adjacent to an activating group) is 2. The van der Waals surface area contributed by atoms with Crippen molar-refractivity contribution in [2.45, 2.75) is 44.3 Å². The van der Waals surface area contributed by atoms with Crippen molar-refractivity contribution in [3.8, 4) is 0 Å². The smallest absolute Gasteiger partial charge is 0.357 e. The molecule has 0 aliphatic heterocycles. The maximum atomic E-state index is 13.0. The Morgan fingerprint density at radius 1 is 1.08 bits per heavy atom. The van der Waals surface area contributed by atoms with Gasteiger partial charge in [0, 0.05) is 26.2 Å². The quantitative estimate of drug-likeness (QED) is 0.825. The van der Waals surface area contributed by atoms with E-state index in [1.807, 2.05) is 11.9 Å². The first kappa shape index (κ1) is 17.9. The zero-order chi connectivity index (χ0) is 18.0. The molecule has 25 heavy (non-hydrogen) atoms. The summed E-state index contributed by atoms with van der Waals surface area (Å²) < 4.78 is 39.6. The van der Waals surface area contributed by atoms with Crippen molar-refractivity contribution in [1.29, 1.82) is 0 Å². The van der Waals surface area contributed by atoms with E-state index in [0.29, 0.717) is 18.4 Å². The molecule has 0 spiro atoms. The summed E-state index contributed by atoms with van der Waals surface area (Å²) in [7, 11) is 3.95. The first-order chi connectivity index (χ1) is 11.9. The number of aromatic nitrogens is 4. The Morgan fingerprint density at radius 3 is 2.48 bits per heavy atom. The third kappa shape index (κ3) is 4.02. The monoisotopic (exact) mass is 356 g/mol. The van der Waals surface area contributed by atoms with Gasteiger partial charge in [-0.2, -0.15) is 17.7 Å². The summed E-state index contributed by atoms with van der Waals surface area (Å²) >= 11 is 0. The van der Waals surface area contributed by atoms with E-state index in [0.717, 1.165) is 11.1 Å². The highest BCUT2D eigenvalue weighted by Gasteiger charge is 2.37. The van der Waals surface area contributed by atoms with Gasteiger partial charge in [-0.25, -0.2) is 0 Å². The Morgan fingerprint density at radius 2 is 1.80 bits per heavy atom. The van der Waals surface area contributed by atoms with E-state index in [2.05, 4.69) is 27.2 Å². The van der Waals surface area contributed by atoms with Crippen LogP contribution in [0.1, 0.15) is 37.9 Å². The van der Waals surface area contributed by atoms with Crippen molar-refractivity contribution in [2.75, 3.05) is 32.1 Å². The molecule has 2 aromatic heterocycles. The van der Waals surface area contributed by atoms with E-state index >= 15 is 0 Å². The fourth-order valence-electron chi connectivity index (χ4n) is 3.29. The van der Waals surface area contributed by atoms with Crippen molar-refractivity contribution in [2.24, 2.45) is 0 Å². The molecular formula is C16H23F3N6. The third-order valence-electron chi connectivity index (χ3n) is 4.88. The van der Waals surface area contributed by atoms with Crippen LogP contribution in [-0.2, 0) is 6.18 Å². The standard InChI is InChI=1S/C16H23F3N6/c1-23(12-6-4-3-5-7-12)10-11-24(2)14-9-8-13-20-21-15(16(17,18)19)25(13)22-14/h8-9,12H,3-7,10-11H2,1-2H3. The predicted octanol–water partition coefficient (Wildman–Crippen LogP) is 2.84. The molecule has 1 aliphatic carbocycles. The number of anilines is 1. The second-order valence-corrected chi connectivity index (χ2v) is 6.68. The van der Waals surface area contributed by atoms with Crippen LogP contribution in [0.4, 0.5) is 19.0 Å². The molecule has 3 rings (SSSR count). The minimum absolute atomic E-state index is 0.0869. The second kappa shape index (κ2) is 7.15. The van der Waals surface area contributed by atoms with Crippen LogP contribution < -0.4 is 4.90 Å². The number of hydrogen-bond acceptors (Lipinski definition) is 5. The zero-order valence-corrected chi connectivity index (χ0v) is 14.5. The van der Waals surface area contributed by atoms with Gasteiger partial charge in [0.2, 0.25) is 0 Å². The van der Waals surface area contributed by atoms with Gasteiger partial charge in [0.25, 0.3) is 5.82 Å². The van der Waals surface area contributed by atoms with Gasteiger partial charge in [-0.05, 0) is 32.0 Å². The molecule has 0 N–H and O–H groups in total. The fourth-order valence-corrected chi connectivity index (χ4v) is 3.29. The molecular weight excluding hydrogens is 333 g/mol. The van der Waals surface area contributed by atoms with Crippen molar-refractivity contribution in [3.05, 3.63) is 18.0 Å². The first-order valence-electron chi connectivity index (χ1n) is 8.57. The molecule has 0 unspecified atom stereocenters. The third-order valence-corrected chi connectivity index (χ3v) is 4.88. The highest BCUT2D eigenvalue weighted by molar-refractivity contribution is 5.45. The summed E-state index contributed by atoms with van der Waals surface area (Å²) in [5, 5.41) is 10.8. The summed E-state index contributed by atoms with van der Waals surface area (Å²) in [4.78, 5) is 4.20. The maximum absolute atomic E-state index is 13.0. The largest absolute Gasteiger partial charge is 0.453 e. The SMILES string of the molecule is CN(CCN(C)C1CCCCC1)c1ccc2nnc(C(F)(F)F)n2n1. The summed E-state index contributed by atoms with van der Waals surface area (Å²) in [5.74, 6) is -0.632. The van der Waals surface area contributed by atoms with Gasteiger partial charge in [-0.15, -0.1) is 15.3 Å². The fraction of sp³-hybridized carbons (Fsp3) is 0.688. The van der Waals surface area contributed by atoms with Crippen LogP contribution >= 0.6 is 0 Å². The van der Waals surface area contributed by atoms with E-state index in [1.165, 1.54) is 38.2 Å². The molecule has 1 fully saturated rings. The van der Waals surface area contributed by atoms with E-state index in [-0.39, 0.29) is 5.65 Å². The Labute approximate surface area is 144 Å². The van der Waals surface area contributed by atoms with Crippen molar-refractivity contribution >= 4 is 11.5 Å². The Balaban J connectivity index is 1.68. The molecule has 2 heterocycles. The van der Waals surface area contributed by atoms with Crippen LogP contribution in [0.3, 0.4) is 0 Å². The van der Waals surface area contributed by atoms with Crippen LogP contribution in [0.2, 0.25) is 0 Å². The summed E-state index contributed by atoms with van der Waals surface area (Å²) in [6.07, 6.45) is 1.73. The molecule has 0 radical (unpaired) electrons. The number of halogens is 3. The van der Waals surface area contributed by atoms with E-state index in [1.54, 1.807) is 6.07 Å². The van der Waals surface area contributed by atoms with Crippen LogP contribution in [0.15, 0.2) is 12.1 Å². The number of fused-ring (bicyclic) bond motifs is 1. The zero-order valence-electron chi connectivity index (χ0n) is 14.5. The van der Waals surface area contributed by atoms with Crippen molar-refractivity contribution < 1.29 is 13.2 Å². The minimum Gasteiger partial charge on any atom is -0.357 e. The summed E-state index contributed by atoms with van der Waals surface area (Å²) in [6, 6.07) is 3.78. The highest BCUT2D eigenvalue weighted by Crippen LogP contribution is 2.28. The van der Waals surface area contributed by atoms with Gasteiger partial charge in [-0.3, -0.25) is 0 Å². The summed E-state index contributed by atoms with van der Waals surface area (Å²) in [6.45, 7) is 1.53. The lowest BCUT2D eigenvalue weighted by atomic mass is 9.94. The van der Waals surface area contributed by atoms with Crippen LogP contribution in [-0.4, -0.2) is 57.9 Å². The molecule has 9 heteroatoms. The molecule has 138 valence electrons. The van der Waals surface area contributed by atoms with Gasteiger partial charge >= 0.3 is 6.18 Å². The minimum atomic E-state index is -4.58. The normalized spacial score (nSPS) is 16.7. The lowest BCUT2D eigenvalue weighted by molar-refractivity contribution is -0.146. The van der Waals surface area contributed by atoms with Gasteiger partial charge < -0.3 is 9.80 Å². The Hall–Kier alpha value is -1.90. The van der Waals surface area contributed by atoms with E-state index < -0.39 is 12.0 Å². The van der Waals surface area contributed by atoms with Crippen LogP contribution in [0, 0.1) is 0 Å². The lowest BCUT2D eigenvalue weighted by Crippen LogP contribution is -2.38. The first-order valence-corrected chi connectivity index (χ1v) is 8.57. The maximum Gasteiger partial charge on any atom is 0.453 e. The molecule has 1 saturated carbocycles. The van der Waals surface area contributed by atoms with Crippen LogP contribution in [0.25, 0.3) is 5.65 Å². The molecule has 6 nitrogen and oxygen atoms in total. The van der Waals surface area contributed by atoms with Crippen LogP contribution in [0.5, 0.6) is 0 Å². The topological polar surface area (TPSA) is 49.6 Å². The number of alkyl halides is 3. The molecule has 2 aromatic rings. The number of nitrogens with zero attached hydrogens (tertiary/aromatic N) is 6. The molecule has 0 saturated heterocycles.